The number of nitrogens with zero attached hydrogens (tertiary/aromatic N) is 1. The molecule has 0 radical (unpaired) electrons. The van der Waals surface area contributed by atoms with Gasteiger partial charge in [0, 0.05) is 13.0 Å². The van der Waals surface area contributed by atoms with Crippen molar-refractivity contribution in [1.29, 1.82) is 0 Å². The van der Waals surface area contributed by atoms with Gasteiger partial charge in [-0.15, -0.1) is 0 Å². The van der Waals surface area contributed by atoms with E-state index in [1.54, 1.807) is 0 Å². The highest BCUT2D eigenvalue weighted by molar-refractivity contribution is 5.76. The van der Waals surface area contributed by atoms with E-state index in [-0.39, 0.29) is 12.0 Å². The number of nitrogens with two attached hydrogens (primary N) is 1. The number of morpholine rings is 1. The van der Waals surface area contributed by atoms with Gasteiger partial charge in [0.15, 0.2) is 0 Å². The molecule has 110 valence electrons. The van der Waals surface area contributed by atoms with E-state index >= 15 is 0 Å². The summed E-state index contributed by atoms with van der Waals surface area (Å²) in [6, 6.07) is 10.1. The van der Waals surface area contributed by atoms with Gasteiger partial charge >= 0.3 is 0 Å². The second-order valence-corrected chi connectivity index (χ2v) is 5.49. The lowest BCUT2D eigenvalue weighted by atomic mass is 10.0. The molecule has 1 aliphatic rings. The summed E-state index contributed by atoms with van der Waals surface area (Å²) < 4.78 is 5.78. The topological polar surface area (TPSA) is 55.6 Å². The molecular formula is C16H24N2O2. The molecule has 4 nitrogen and oxygen atoms in total. The van der Waals surface area contributed by atoms with Crippen molar-refractivity contribution in [3.05, 3.63) is 35.9 Å². The highest BCUT2D eigenvalue weighted by atomic mass is 16.5. The molecule has 1 amide bonds. The van der Waals surface area contributed by atoms with Gasteiger partial charge in [-0.25, -0.2) is 0 Å². The summed E-state index contributed by atoms with van der Waals surface area (Å²) in [7, 11) is 0. The van der Waals surface area contributed by atoms with E-state index in [2.05, 4.69) is 19.1 Å². The number of amides is 1. The Morgan fingerprint density at radius 3 is 2.90 bits per heavy atom. The van der Waals surface area contributed by atoms with E-state index in [1.165, 1.54) is 0 Å². The molecule has 2 unspecified atom stereocenters. The van der Waals surface area contributed by atoms with Crippen molar-refractivity contribution in [3.63, 3.8) is 0 Å². The SMILES string of the molecule is CC(CN)CCC(=O)N1CCOC(c2ccccc2)C1. The fourth-order valence-corrected chi connectivity index (χ4v) is 2.39. The number of hydrogen-bond acceptors (Lipinski definition) is 3. The first-order valence-electron chi connectivity index (χ1n) is 7.35. The van der Waals surface area contributed by atoms with Gasteiger partial charge in [-0.1, -0.05) is 37.3 Å². The Balaban J connectivity index is 1.88. The third-order valence-corrected chi connectivity index (χ3v) is 3.84. The first-order valence-corrected chi connectivity index (χ1v) is 7.35. The Morgan fingerprint density at radius 1 is 1.45 bits per heavy atom. The summed E-state index contributed by atoms with van der Waals surface area (Å²) in [6.45, 7) is 4.68. The van der Waals surface area contributed by atoms with E-state index in [0.717, 1.165) is 12.0 Å². The molecule has 0 aromatic heterocycles. The highest BCUT2D eigenvalue weighted by Crippen LogP contribution is 2.22. The van der Waals surface area contributed by atoms with E-state index in [0.29, 0.717) is 38.6 Å². The zero-order valence-corrected chi connectivity index (χ0v) is 12.1. The molecule has 2 rings (SSSR count). The summed E-state index contributed by atoms with van der Waals surface area (Å²) in [6.07, 6.45) is 1.45. The molecule has 2 atom stereocenters. The average molecular weight is 276 g/mol. The number of carbonyl (C=O) groups excluding carboxylic acids is 1. The zero-order chi connectivity index (χ0) is 14.4. The first kappa shape index (κ1) is 15.0. The lowest BCUT2D eigenvalue weighted by molar-refractivity contribution is -0.139. The zero-order valence-electron chi connectivity index (χ0n) is 12.1. The summed E-state index contributed by atoms with van der Waals surface area (Å²) in [4.78, 5) is 14.1. The first-order chi connectivity index (χ1) is 9.70. The van der Waals surface area contributed by atoms with Crippen molar-refractivity contribution in [3.8, 4) is 0 Å². The van der Waals surface area contributed by atoms with Crippen molar-refractivity contribution in [2.75, 3.05) is 26.2 Å². The summed E-state index contributed by atoms with van der Waals surface area (Å²) in [5.74, 6) is 0.624. The Hall–Kier alpha value is -1.39. The Kier molecular flexibility index (Phi) is 5.56. The van der Waals surface area contributed by atoms with Crippen molar-refractivity contribution < 1.29 is 9.53 Å². The summed E-state index contributed by atoms with van der Waals surface area (Å²) in [5, 5.41) is 0. The van der Waals surface area contributed by atoms with Crippen LogP contribution >= 0.6 is 0 Å². The number of hydrogen-bond donors (Lipinski definition) is 1. The lowest BCUT2D eigenvalue weighted by Gasteiger charge is -2.33. The Morgan fingerprint density at radius 2 is 2.20 bits per heavy atom. The number of ether oxygens (including phenoxy) is 1. The standard InChI is InChI=1S/C16H24N2O2/c1-13(11-17)7-8-16(19)18-9-10-20-15(12-18)14-5-3-2-4-6-14/h2-6,13,15H,7-12,17H2,1H3. The molecule has 0 bridgehead atoms. The molecule has 2 N–H and O–H groups in total. The predicted molar refractivity (Wildman–Crippen MR) is 79.2 cm³/mol. The molecule has 1 heterocycles. The molecule has 0 spiro atoms. The minimum Gasteiger partial charge on any atom is -0.370 e. The number of carbonyl (C=O) groups is 1. The number of rotatable bonds is 5. The second kappa shape index (κ2) is 7.41. The Bertz CT molecular complexity index is 422. The van der Waals surface area contributed by atoms with E-state index in [4.69, 9.17) is 10.5 Å². The maximum absolute atomic E-state index is 12.2. The van der Waals surface area contributed by atoms with Crippen LogP contribution in [0.25, 0.3) is 0 Å². The molecular weight excluding hydrogens is 252 g/mol. The van der Waals surface area contributed by atoms with Crippen molar-refractivity contribution >= 4 is 5.91 Å². The molecule has 1 saturated heterocycles. The molecule has 1 fully saturated rings. The fourth-order valence-electron chi connectivity index (χ4n) is 2.39. The minimum atomic E-state index is 0.000770. The van der Waals surface area contributed by atoms with Gasteiger partial charge in [-0.05, 0) is 24.4 Å². The maximum Gasteiger partial charge on any atom is 0.222 e. The van der Waals surface area contributed by atoms with Gasteiger partial charge in [0.2, 0.25) is 5.91 Å². The second-order valence-electron chi connectivity index (χ2n) is 5.49. The van der Waals surface area contributed by atoms with Gasteiger partial charge in [0.05, 0.1) is 13.2 Å². The van der Waals surface area contributed by atoms with Crippen molar-refractivity contribution in [2.24, 2.45) is 11.7 Å². The van der Waals surface area contributed by atoms with Crippen molar-refractivity contribution in [2.45, 2.75) is 25.9 Å². The van der Waals surface area contributed by atoms with Gasteiger partial charge in [0.1, 0.15) is 6.10 Å². The minimum absolute atomic E-state index is 0.000770. The van der Waals surface area contributed by atoms with Gasteiger partial charge < -0.3 is 15.4 Å². The molecule has 0 saturated carbocycles. The van der Waals surface area contributed by atoms with Crippen LogP contribution < -0.4 is 5.73 Å². The highest BCUT2D eigenvalue weighted by Gasteiger charge is 2.25. The van der Waals surface area contributed by atoms with Gasteiger partial charge in [-0.2, -0.15) is 0 Å². The largest absolute Gasteiger partial charge is 0.370 e. The van der Waals surface area contributed by atoms with Crippen LogP contribution in [0.5, 0.6) is 0 Å². The third-order valence-electron chi connectivity index (χ3n) is 3.84. The molecule has 4 heteroatoms. The average Bonchev–Trinajstić information content (AvgIpc) is 2.53. The maximum atomic E-state index is 12.2. The van der Waals surface area contributed by atoms with E-state index in [9.17, 15) is 4.79 Å². The Labute approximate surface area is 120 Å². The van der Waals surface area contributed by atoms with Crippen LogP contribution in [0.3, 0.4) is 0 Å². The lowest BCUT2D eigenvalue weighted by Crippen LogP contribution is -2.42. The van der Waals surface area contributed by atoms with Crippen LogP contribution in [0.2, 0.25) is 0 Å². The van der Waals surface area contributed by atoms with Crippen LogP contribution in [0.4, 0.5) is 0 Å². The molecule has 1 aromatic carbocycles. The number of benzene rings is 1. The predicted octanol–water partition coefficient (Wildman–Crippen LogP) is 1.96. The van der Waals surface area contributed by atoms with Crippen molar-refractivity contribution in [1.82, 2.24) is 4.90 Å². The van der Waals surface area contributed by atoms with Gasteiger partial charge in [-0.3, -0.25) is 4.79 Å². The molecule has 1 aromatic rings. The smallest absolute Gasteiger partial charge is 0.222 e. The van der Waals surface area contributed by atoms with E-state index < -0.39 is 0 Å². The summed E-state index contributed by atoms with van der Waals surface area (Å²) in [5.41, 5.74) is 6.73. The van der Waals surface area contributed by atoms with Crippen LogP contribution in [0.15, 0.2) is 30.3 Å². The fraction of sp³-hybridized carbons (Fsp3) is 0.562. The van der Waals surface area contributed by atoms with E-state index in [1.807, 2.05) is 23.1 Å². The normalized spacial score (nSPS) is 20.7. The quantitative estimate of drug-likeness (QED) is 0.894. The molecule has 20 heavy (non-hydrogen) atoms. The van der Waals surface area contributed by atoms with Crippen LogP contribution in [0.1, 0.15) is 31.4 Å². The van der Waals surface area contributed by atoms with Crippen LogP contribution in [-0.4, -0.2) is 37.0 Å². The molecule has 1 aliphatic heterocycles. The third kappa shape index (κ3) is 4.05. The summed E-state index contributed by atoms with van der Waals surface area (Å²) >= 11 is 0. The molecule has 0 aliphatic carbocycles. The van der Waals surface area contributed by atoms with Gasteiger partial charge in [0.25, 0.3) is 0 Å². The van der Waals surface area contributed by atoms with Crippen LogP contribution in [-0.2, 0) is 9.53 Å². The monoisotopic (exact) mass is 276 g/mol. The van der Waals surface area contributed by atoms with Crippen LogP contribution in [0, 0.1) is 5.92 Å².